The number of nitrogens with zero attached hydrogens (tertiary/aromatic N) is 2. The lowest BCUT2D eigenvalue weighted by molar-refractivity contribution is -0.122. The van der Waals surface area contributed by atoms with Gasteiger partial charge in [-0.25, -0.2) is 13.4 Å². The van der Waals surface area contributed by atoms with Crippen LogP contribution in [0.2, 0.25) is 0 Å². The zero-order chi connectivity index (χ0) is 16.3. The Morgan fingerprint density at radius 1 is 1.38 bits per heavy atom. The summed E-state index contributed by atoms with van der Waals surface area (Å²) in [6.45, 7) is -0.619. The van der Waals surface area contributed by atoms with Crippen molar-refractivity contribution in [3.63, 3.8) is 0 Å². The first-order valence-electron chi connectivity index (χ1n) is 5.84. The lowest BCUT2D eigenvalue weighted by Crippen LogP contribution is -2.40. The summed E-state index contributed by atoms with van der Waals surface area (Å²) < 4.78 is 60.5. The fourth-order valence-corrected chi connectivity index (χ4v) is 2.32. The summed E-state index contributed by atoms with van der Waals surface area (Å²) in [6.07, 6.45) is -3.57. The van der Waals surface area contributed by atoms with Gasteiger partial charge in [0.25, 0.3) is 0 Å². The van der Waals surface area contributed by atoms with Gasteiger partial charge in [0, 0.05) is 0 Å². The zero-order valence-electron chi connectivity index (χ0n) is 11.1. The molecule has 21 heavy (non-hydrogen) atoms. The number of halogens is 3. The molecule has 0 aromatic carbocycles. The number of pyridine rings is 1. The lowest BCUT2D eigenvalue weighted by Gasteiger charge is -2.24. The van der Waals surface area contributed by atoms with E-state index in [9.17, 15) is 26.4 Å². The highest BCUT2D eigenvalue weighted by Crippen LogP contribution is 2.22. The minimum Gasteiger partial charge on any atom is -0.368 e. The molecule has 0 aliphatic rings. The first-order chi connectivity index (χ1) is 9.55. The fourth-order valence-electron chi connectivity index (χ4n) is 1.53. The molecule has 0 spiro atoms. The molecule has 0 unspecified atom stereocenters. The summed E-state index contributed by atoms with van der Waals surface area (Å²) in [7, 11) is -3.54. The van der Waals surface area contributed by atoms with E-state index in [2.05, 4.69) is 4.98 Å². The van der Waals surface area contributed by atoms with Crippen LogP contribution < -0.4 is 10.6 Å². The molecule has 118 valence electrons. The number of alkyl halides is 3. The molecular formula is C11H14F3N3O3S. The highest BCUT2D eigenvalue weighted by Gasteiger charge is 2.31. The first-order valence-corrected chi connectivity index (χ1v) is 7.49. The summed E-state index contributed by atoms with van der Waals surface area (Å²) in [6, 6.07) is 2.25. The Morgan fingerprint density at radius 2 is 2.00 bits per heavy atom. The molecule has 2 N–H and O–H groups in total. The van der Waals surface area contributed by atoms with Crippen LogP contribution in [-0.2, 0) is 14.6 Å². The standard InChI is InChI=1S/C11H14F3N3O3S/c1-2-21(19,20)10-4-3-8(5-16-10)17(6-9(15)18)7-11(12,13)14/h3-5H,2,6-7H2,1H3,(H2,15,18). The van der Waals surface area contributed by atoms with E-state index in [0.717, 1.165) is 18.3 Å². The Labute approximate surface area is 119 Å². The van der Waals surface area contributed by atoms with E-state index in [0.29, 0.717) is 4.90 Å². The van der Waals surface area contributed by atoms with Gasteiger partial charge in [-0.2, -0.15) is 13.2 Å². The maximum Gasteiger partial charge on any atom is 0.405 e. The Balaban J connectivity index is 3.06. The molecule has 1 amide bonds. The minimum atomic E-state index is -4.54. The van der Waals surface area contributed by atoms with Gasteiger partial charge in [-0.05, 0) is 12.1 Å². The van der Waals surface area contributed by atoms with E-state index in [1.54, 1.807) is 0 Å². The number of aromatic nitrogens is 1. The van der Waals surface area contributed by atoms with Crippen molar-refractivity contribution in [1.82, 2.24) is 4.98 Å². The lowest BCUT2D eigenvalue weighted by atomic mass is 10.3. The predicted octanol–water partition coefficient (Wildman–Crippen LogP) is 0.729. The average Bonchev–Trinajstić information content (AvgIpc) is 2.36. The number of rotatable bonds is 6. The van der Waals surface area contributed by atoms with E-state index in [1.165, 1.54) is 6.92 Å². The van der Waals surface area contributed by atoms with Crippen molar-refractivity contribution in [3.8, 4) is 0 Å². The zero-order valence-corrected chi connectivity index (χ0v) is 11.9. The molecule has 1 rings (SSSR count). The van der Waals surface area contributed by atoms with E-state index in [1.807, 2.05) is 0 Å². The molecular weight excluding hydrogens is 311 g/mol. The summed E-state index contributed by atoms with van der Waals surface area (Å²) in [5.74, 6) is -1.11. The summed E-state index contributed by atoms with van der Waals surface area (Å²) >= 11 is 0. The van der Waals surface area contributed by atoms with Crippen LogP contribution in [0.5, 0.6) is 0 Å². The number of carbonyl (C=O) groups excluding carboxylic acids is 1. The second-order valence-corrected chi connectivity index (χ2v) is 6.42. The van der Waals surface area contributed by atoms with Gasteiger partial charge in [0.15, 0.2) is 14.9 Å². The monoisotopic (exact) mass is 325 g/mol. The van der Waals surface area contributed by atoms with Crippen LogP contribution in [0.3, 0.4) is 0 Å². The van der Waals surface area contributed by atoms with Gasteiger partial charge in [-0.3, -0.25) is 4.79 Å². The summed E-state index contributed by atoms with van der Waals surface area (Å²) in [5.41, 5.74) is 4.87. The van der Waals surface area contributed by atoms with E-state index < -0.39 is 35.0 Å². The molecule has 0 aliphatic heterocycles. The number of primary amides is 1. The van der Waals surface area contributed by atoms with E-state index >= 15 is 0 Å². The van der Waals surface area contributed by atoms with Gasteiger partial charge in [0.05, 0.1) is 24.2 Å². The number of nitrogens with two attached hydrogens (primary N) is 1. The van der Waals surface area contributed by atoms with Crippen LogP contribution in [0.25, 0.3) is 0 Å². The maximum absolute atomic E-state index is 12.5. The van der Waals surface area contributed by atoms with Crippen LogP contribution in [-0.4, -0.2) is 44.3 Å². The van der Waals surface area contributed by atoms with Crippen molar-refractivity contribution in [2.45, 2.75) is 18.1 Å². The summed E-state index contributed by atoms with van der Waals surface area (Å²) in [5, 5.41) is -0.236. The number of amides is 1. The molecule has 0 saturated carbocycles. The second kappa shape index (κ2) is 6.29. The number of anilines is 1. The van der Waals surface area contributed by atoms with Crippen molar-refractivity contribution in [2.24, 2.45) is 5.73 Å². The van der Waals surface area contributed by atoms with Crippen molar-refractivity contribution in [1.29, 1.82) is 0 Å². The van der Waals surface area contributed by atoms with Gasteiger partial charge < -0.3 is 10.6 Å². The number of sulfone groups is 1. The molecule has 10 heteroatoms. The fraction of sp³-hybridized carbons (Fsp3) is 0.455. The largest absolute Gasteiger partial charge is 0.405 e. The van der Waals surface area contributed by atoms with Gasteiger partial charge in [0.2, 0.25) is 5.91 Å². The molecule has 0 aliphatic carbocycles. The number of carbonyl (C=O) groups is 1. The topological polar surface area (TPSA) is 93.4 Å². The highest BCUT2D eigenvalue weighted by molar-refractivity contribution is 7.91. The smallest absolute Gasteiger partial charge is 0.368 e. The molecule has 1 aromatic heterocycles. The molecule has 1 heterocycles. The van der Waals surface area contributed by atoms with Crippen LogP contribution in [0.4, 0.5) is 18.9 Å². The third-order valence-electron chi connectivity index (χ3n) is 2.50. The quantitative estimate of drug-likeness (QED) is 0.832. The van der Waals surface area contributed by atoms with Crippen molar-refractivity contribution in [3.05, 3.63) is 18.3 Å². The maximum atomic E-state index is 12.5. The van der Waals surface area contributed by atoms with Crippen LogP contribution in [0.1, 0.15) is 6.92 Å². The Bertz CT molecular complexity index is 599. The van der Waals surface area contributed by atoms with Gasteiger partial charge in [-0.15, -0.1) is 0 Å². The third kappa shape index (κ3) is 5.21. The number of hydrogen-bond acceptors (Lipinski definition) is 5. The van der Waals surface area contributed by atoms with Crippen LogP contribution in [0.15, 0.2) is 23.4 Å². The molecule has 0 atom stereocenters. The average molecular weight is 325 g/mol. The molecule has 0 radical (unpaired) electrons. The predicted molar refractivity (Wildman–Crippen MR) is 69.4 cm³/mol. The molecule has 0 bridgehead atoms. The van der Waals surface area contributed by atoms with Crippen LogP contribution >= 0.6 is 0 Å². The Kier molecular flexibility index (Phi) is 5.15. The molecule has 6 nitrogen and oxygen atoms in total. The first kappa shape index (κ1) is 17.2. The molecule has 0 saturated heterocycles. The second-order valence-electron chi connectivity index (χ2n) is 4.20. The van der Waals surface area contributed by atoms with Gasteiger partial charge >= 0.3 is 6.18 Å². The third-order valence-corrected chi connectivity index (χ3v) is 4.14. The van der Waals surface area contributed by atoms with E-state index in [-0.39, 0.29) is 16.5 Å². The van der Waals surface area contributed by atoms with Crippen molar-refractivity contribution in [2.75, 3.05) is 23.7 Å². The Morgan fingerprint density at radius 3 is 2.38 bits per heavy atom. The number of hydrogen-bond donors (Lipinski definition) is 1. The minimum absolute atomic E-state index is 0.0406. The van der Waals surface area contributed by atoms with Crippen LogP contribution in [0, 0.1) is 0 Å². The highest BCUT2D eigenvalue weighted by atomic mass is 32.2. The van der Waals surface area contributed by atoms with Crippen molar-refractivity contribution < 1.29 is 26.4 Å². The summed E-state index contributed by atoms with van der Waals surface area (Å²) in [4.78, 5) is 15.1. The van der Waals surface area contributed by atoms with Crippen molar-refractivity contribution >= 4 is 21.4 Å². The van der Waals surface area contributed by atoms with E-state index in [4.69, 9.17) is 5.73 Å². The molecule has 1 aromatic rings. The SMILES string of the molecule is CCS(=O)(=O)c1ccc(N(CC(N)=O)CC(F)(F)F)cn1. The van der Waals surface area contributed by atoms with Gasteiger partial charge in [0.1, 0.15) is 6.54 Å². The Hall–Kier alpha value is -1.84. The molecule has 0 fully saturated rings. The van der Waals surface area contributed by atoms with Gasteiger partial charge in [-0.1, -0.05) is 6.92 Å². The normalized spacial score (nSPS) is 12.2.